The molecule has 1 heterocycles. The molecule has 4 rings (SSSR count). The third-order valence-electron chi connectivity index (χ3n) is 5.10. The zero-order valence-electron chi connectivity index (χ0n) is 18.9. The van der Waals surface area contributed by atoms with Crippen molar-refractivity contribution in [2.75, 3.05) is 6.61 Å². The van der Waals surface area contributed by atoms with Crippen LogP contribution in [0.3, 0.4) is 0 Å². The van der Waals surface area contributed by atoms with Crippen molar-refractivity contribution in [3.05, 3.63) is 81.6 Å². The molecule has 0 saturated heterocycles. The molecule has 0 radical (unpaired) electrons. The first-order valence-electron chi connectivity index (χ1n) is 10.9. The Kier molecular flexibility index (Phi) is 7.23. The number of H-pyrrole nitrogens is 1. The number of rotatable bonds is 8. The minimum absolute atomic E-state index is 0.0989. The summed E-state index contributed by atoms with van der Waals surface area (Å²) in [7, 11) is 0. The van der Waals surface area contributed by atoms with Crippen LogP contribution in [-0.2, 0) is 11.3 Å². The predicted molar refractivity (Wildman–Crippen MR) is 139 cm³/mol. The zero-order valence-corrected chi connectivity index (χ0v) is 21.0. The Morgan fingerprint density at radius 1 is 1.00 bits per heavy atom. The minimum atomic E-state index is -0.364. The normalized spacial score (nSPS) is 11.1. The molecule has 1 N–H and O–H groups in total. The molecule has 0 aliphatic heterocycles. The van der Waals surface area contributed by atoms with E-state index in [1.54, 1.807) is 6.92 Å². The number of hydrogen-bond acceptors (Lipinski definition) is 4. The first-order valence-corrected chi connectivity index (χ1v) is 12.0. The molecule has 1 aromatic heterocycles. The molecule has 0 amide bonds. The molecule has 6 heteroatoms. The number of aromatic nitrogens is 1. The molecule has 0 saturated carbocycles. The Labute approximate surface area is 207 Å². The van der Waals surface area contributed by atoms with Crippen molar-refractivity contribution in [1.29, 1.82) is 0 Å². The second-order valence-electron chi connectivity index (χ2n) is 7.86. The van der Waals surface area contributed by atoms with Gasteiger partial charge in [-0.05, 0) is 78.8 Å². The van der Waals surface area contributed by atoms with E-state index in [0.717, 1.165) is 42.7 Å². The van der Waals surface area contributed by atoms with Gasteiger partial charge in [0, 0.05) is 16.5 Å². The van der Waals surface area contributed by atoms with Crippen LogP contribution in [0, 0.1) is 3.57 Å². The van der Waals surface area contributed by atoms with Gasteiger partial charge in [0.05, 0.1) is 16.3 Å². The van der Waals surface area contributed by atoms with E-state index in [1.165, 1.54) is 0 Å². The lowest BCUT2D eigenvalue weighted by Crippen LogP contribution is -2.06. The van der Waals surface area contributed by atoms with Crippen LogP contribution in [0.2, 0.25) is 0 Å². The molecular weight excluding hydrogens is 529 g/mol. The van der Waals surface area contributed by atoms with E-state index < -0.39 is 0 Å². The molecule has 33 heavy (non-hydrogen) atoms. The highest BCUT2D eigenvalue weighted by Gasteiger charge is 2.22. The number of carbonyl (C=O) groups is 1. The maximum atomic E-state index is 12.5. The van der Waals surface area contributed by atoms with E-state index in [-0.39, 0.29) is 12.1 Å². The summed E-state index contributed by atoms with van der Waals surface area (Å²) in [5.41, 5.74) is 4.30. The van der Waals surface area contributed by atoms with Crippen molar-refractivity contribution < 1.29 is 19.0 Å². The average Bonchev–Trinajstić information content (AvgIpc) is 3.15. The largest absolute Gasteiger partial charge is 0.491 e. The van der Waals surface area contributed by atoms with Crippen LogP contribution < -0.4 is 9.47 Å². The predicted octanol–water partition coefficient (Wildman–Crippen LogP) is 6.98. The summed E-state index contributed by atoms with van der Waals surface area (Å²) in [4.78, 5) is 15.8. The highest BCUT2D eigenvalue weighted by molar-refractivity contribution is 14.1. The standard InChI is InChI=1S/C27H26INO4/c1-4-31-27(30)26-25(28)24-21(29-26)14-15-22(32-16-18-8-6-5-7-9-18)23(24)19-10-12-20(13-11-19)33-17(2)3/h5-15,17,29H,4,16H2,1-3H3. The Morgan fingerprint density at radius 2 is 1.73 bits per heavy atom. The van der Waals surface area contributed by atoms with E-state index in [1.807, 2.05) is 80.6 Å². The van der Waals surface area contributed by atoms with Crippen molar-refractivity contribution in [3.8, 4) is 22.6 Å². The maximum absolute atomic E-state index is 12.5. The van der Waals surface area contributed by atoms with Crippen molar-refractivity contribution in [2.24, 2.45) is 0 Å². The summed E-state index contributed by atoms with van der Waals surface area (Å²) in [5, 5.41) is 0.932. The number of halogens is 1. The number of esters is 1. The second-order valence-corrected chi connectivity index (χ2v) is 8.94. The Morgan fingerprint density at radius 3 is 2.39 bits per heavy atom. The van der Waals surface area contributed by atoms with Crippen molar-refractivity contribution in [3.63, 3.8) is 0 Å². The van der Waals surface area contributed by atoms with Crippen molar-refractivity contribution >= 4 is 39.5 Å². The summed E-state index contributed by atoms with van der Waals surface area (Å²) in [6.45, 7) is 6.57. The van der Waals surface area contributed by atoms with Gasteiger partial charge in [0.15, 0.2) is 0 Å². The van der Waals surface area contributed by atoms with Gasteiger partial charge in [-0.25, -0.2) is 4.79 Å². The van der Waals surface area contributed by atoms with E-state index in [0.29, 0.717) is 18.9 Å². The van der Waals surface area contributed by atoms with Crippen molar-refractivity contribution in [1.82, 2.24) is 4.98 Å². The summed E-state index contributed by atoms with van der Waals surface area (Å²) in [6.07, 6.45) is 0.0989. The number of benzene rings is 3. The molecule has 0 spiro atoms. The number of fused-ring (bicyclic) bond motifs is 1. The number of carbonyl (C=O) groups excluding carboxylic acids is 1. The summed E-state index contributed by atoms with van der Waals surface area (Å²) >= 11 is 2.21. The molecule has 3 aromatic carbocycles. The van der Waals surface area contributed by atoms with Crippen molar-refractivity contribution in [2.45, 2.75) is 33.5 Å². The van der Waals surface area contributed by atoms with Gasteiger partial charge in [0.2, 0.25) is 0 Å². The number of aromatic amines is 1. The highest BCUT2D eigenvalue weighted by atomic mass is 127. The van der Waals surface area contributed by atoms with Crippen LogP contribution in [0.5, 0.6) is 11.5 Å². The fraction of sp³-hybridized carbons (Fsp3) is 0.222. The Balaban J connectivity index is 1.82. The van der Waals surface area contributed by atoms with Gasteiger partial charge in [-0.15, -0.1) is 0 Å². The van der Waals surface area contributed by atoms with Gasteiger partial charge < -0.3 is 19.2 Å². The molecule has 0 atom stereocenters. The maximum Gasteiger partial charge on any atom is 0.355 e. The van der Waals surface area contributed by atoms with E-state index in [4.69, 9.17) is 14.2 Å². The first kappa shape index (κ1) is 23.2. The molecule has 0 aliphatic carbocycles. The van der Waals surface area contributed by atoms with Crippen LogP contribution in [-0.4, -0.2) is 23.7 Å². The summed E-state index contributed by atoms with van der Waals surface area (Å²) in [5.74, 6) is 1.19. The molecular formula is C27H26INO4. The van der Waals surface area contributed by atoms with Gasteiger partial charge in [0.1, 0.15) is 23.8 Å². The third kappa shape index (κ3) is 5.16. The van der Waals surface area contributed by atoms with Gasteiger partial charge in [-0.3, -0.25) is 0 Å². The zero-order chi connectivity index (χ0) is 23.4. The minimum Gasteiger partial charge on any atom is -0.491 e. The van der Waals surface area contributed by atoms with Crippen LogP contribution in [0.15, 0.2) is 66.7 Å². The summed E-state index contributed by atoms with van der Waals surface area (Å²) < 4.78 is 18.2. The monoisotopic (exact) mass is 555 g/mol. The topological polar surface area (TPSA) is 60.6 Å². The quantitative estimate of drug-likeness (QED) is 0.188. The molecule has 0 aliphatic rings. The van der Waals surface area contributed by atoms with E-state index in [2.05, 4.69) is 27.6 Å². The second kappa shape index (κ2) is 10.3. The molecule has 0 unspecified atom stereocenters. The Bertz CT molecular complexity index is 1250. The molecule has 0 bridgehead atoms. The fourth-order valence-electron chi connectivity index (χ4n) is 3.69. The number of nitrogens with one attached hydrogen (secondary N) is 1. The van der Waals surface area contributed by atoms with Gasteiger partial charge in [0.25, 0.3) is 0 Å². The average molecular weight is 555 g/mol. The molecule has 170 valence electrons. The van der Waals surface area contributed by atoms with E-state index in [9.17, 15) is 4.79 Å². The number of hydrogen-bond donors (Lipinski definition) is 1. The lowest BCUT2D eigenvalue weighted by molar-refractivity contribution is 0.0519. The Hall–Kier alpha value is -3.00. The first-order chi connectivity index (χ1) is 16.0. The SMILES string of the molecule is CCOC(=O)c1[nH]c2ccc(OCc3ccccc3)c(-c3ccc(OC(C)C)cc3)c2c1I. The molecule has 4 aromatic rings. The van der Waals surface area contributed by atoms with Crippen LogP contribution in [0.4, 0.5) is 0 Å². The lowest BCUT2D eigenvalue weighted by Gasteiger charge is -2.15. The highest BCUT2D eigenvalue weighted by Crippen LogP contribution is 2.41. The molecule has 5 nitrogen and oxygen atoms in total. The number of ether oxygens (including phenoxy) is 3. The fourth-order valence-corrected chi connectivity index (χ4v) is 4.60. The molecule has 0 fully saturated rings. The lowest BCUT2D eigenvalue weighted by atomic mass is 10.00. The summed E-state index contributed by atoms with van der Waals surface area (Å²) in [6, 6.07) is 21.9. The van der Waals surface area contributed by atoms with E-state index >= 15 is 0 Å². The smallest absolute Gasteiger partial charge is 0.355 e. The van der Waals surface area contributed by atoms with Gasteiger partial charge in [-0.1, -0.05) is 42.5 Å². The van der Waals surface area contributed by atoms with Crippen LogP contribution in [0.25, 0.3) is 22.0 Å². The third-order valence-corrected chi connectivity index (χ3v) is 6.18. The van der Waals surface area contributed by atoms with Crippen LogP contribution in [0.1, 0.15) is 36.8 Å². The van der Waals surface area contributed by atoms with Crippen LogP contribution >= 0.6 is 22.6 Å². The van der Waals surface area contributed by atoms with Gasteiger partial charge >= 0.3 is 5.97 Å². The van der Waals surface area contributed by atoms with Gasteiger partial charge in [-0.2, -0.15) is 0 Å².